The van der Waals surface area contributed by atoms with Crippen LogP contribution in [0.15, 0.2) is 24.3 Å². The number of carboxylic acids is 1. The number of benzene rings is 1. The Kier molecular flexibility index (Phi) is 4.20. The Bertz CT molecular complexity index is 461. The van der Waals surface area contributed by atoms with Crippen LogP contribution in [0.25, 0.3) is 0 Å². The van der Waals surface area contributed by atoms with Crippen molar-refractivity contribution in [1.82, 2.24) is 4.90 Å². The summed E-state index contributed by atoms with van der Waals surface area (Å²) >= 11 is 0. The van der Waals surface area contributed by atoms with E-state index in [2.05, 4.69) is 0 Å². The maximum atomic E-state index is 12.4. The Morgan fingerprint density at radius 1 is 1.16 bits per heavy atom. The molecule has 0 spiro atoms. The predicted octanol–water partition coefficient (Wildman–Crippen LogP) is 2.79. The number of carbonyl (C=O) groups is 2. The third-order valence-corrected chi connectivity index (χ3v) is 3.75. The van der Waals surface area contributed by atoms with E-state index in [9.17, 15) is 9.59 Å². The van der Waals surface area contributed by atoms with Crippen molar-refractivity contribution in [2.75, 3.05) is 6.54 Å². The second-order valence-electron chi connectivity index (χ2n) is 4.91. The summed E-state index contributed by atoms with van der Waals surface area (Å²) in [5, 5.41) is 8.85. The van der Waals surface area contributed by atoms with E-state index < -0.39 is 5.97 Å². The topological polar surface area (TPSA) is 57.6 Å². The first-order chi connectivity index (χ1) is 9.13. The van der Waals surface area contributed by atoms with Crippen LogP contribution >= 0.6 is 0 Å². The van der Waals surface area contributed by atoms with Crippen molar-refractivity contribution in [3.8, 4) is 0 Å². The third-order valence-electron chi connectivity index (χ3n) is 3.75. The number of aromatic carboxylic acids is 1. The molecule has 0 saturated heterocycles. The SMILES string of the molecule is CCN(C(=O)c1ccc(C(=O)O)cc1)C1CCCC1. The number of nitrogens with zero attached hydrogens (tertiary/aromatic N) is 1. The first kappa shape index (κ1) is 13.6. The molecule has 4 heteroatoms. The highest BCUT2D eigenvalue weighted by Crippen LogP contribution is 2.24. The summed E-state index contributed by atoms with van der Waals surface area (Å²) < 4.78 is 0. The van der Waals surface area contributed by atoms with Crippen LogP contribution in [-0.2, 0) is 0 Å². The number of carbonyl (C=O) groups excluding carboxylic acids is 1. The standard InChI is InChI=1S/C15H19NO3/c1-2-16(13-5-3-4-6-13)14(17)11-7-9-12(10-8-11)15(18)19/h7-10,13H,2-6H2,1H3,(H,18,19). The zero-order chi connectivity index (χ0) is 13.8. The molecule has 1 fully saturated rings. The van der Waals surface area contributed by atoms with E-state index in [0.717, 1.165) is 12.8 Å². The van der Waals surface area contributed by atoms with E-state index in [1.54, 1.807) is 12.1 Å². The highest BCUT2D eigenvalue weighted by atomic mass is 16.4. The van der Waals surface area contributed by atoms with Gasteiger partial charge in [0.1, 0.15) is 0 Å². The van der Waals surface area contributed by atoms with Crippen molar-refractivity contribution in [3.05, 3.63) is 35.4 Å². The molecule has 1 aliphatic rings. The van der Waals surface area contributed by atoms with E-state index in [1.807, 2.05) is 11.8 Å². The van der Waals surface area contributed by atoms with Gasteiger partial charge < -0.3 is 10.0 Å². The summed E-state index contributed by atoms with van der Waals surface area (Å²) in [5.74, 6) is -0.964. The number of hydrogen-bond donors (Lipinski definition) is 1. The highest BCUT2D eigenvalue weighted by Gasteiger charge is 2.26. The number of hydrogen-bond acceptors (Lipinski definition) is 2. The molecule has 0 aromatic heterocycles. The van der Waals surface area contributed by atoms with Crippen molar-refractivity contribution in [1.29, 1.82) is 0 Å². The van der Waals surface area contributed by atoms with Crippen LogP contribution in [0, 0.1) is 0 Å². The molecule has 0 unspecified atom stereocenters. The normalized spacial score (nSPS) is 15.4. The van der Waals surface area contributed by atoms with Gasteiger partial charge >= 0.3 is 5.97 Å². The molecule has 0 heterocycles. The monoisotopic (exact) mass is 261 g/mol. The molecule has 2 rings (SSSR count). The summed E-state index contributed by atoms with van der Waals surface area (Å²) in [4.78, 5) is 25.1. The molecule has 0 bridgehead atoms. The summed E-state index contributed by atoms with van der Waals surface area (Å²) in [7, 11) is 0. The molecule has 0 atom stereocenters. The van der Waals surface area contributed by atoms with E-state index in [0.29, 0.717) is 18.2 Å². The van der Waals surface area contributed by atoms with Crippen molar-refractivity contribution in [2.45, 2.75) is 38.6 Å². The summed E-state index contributed by atoms with van der Waals surface area (Å²) in [5.41, 5.74) is 0.777. The van der Waals surface area contributed by atoms with Gasteiger partial charge in [-0.05, 0) is 44.0 Å². The Balaban J connectivity index is 2.14. The lowest BCUT2D eigenvalue weighted by Gasteiger charge is -2.27. The quantitative estimate of drug-likeness (QED) is 0.906. The molecule has 1 aromatic rings. The third kappa shape index (κ3) is 2.95. The number of amides is 1. The highest BCUT2D eigenvalue weighted by molar-refractivity contribution is 5.96. The summed E-state index contributed by atoms with van der Waals surface area (Å²) in [6.07, 6.45) is 4.53. The van der Waals surface area contributed by atoms with E-state index in [1.165, 1.54) is 25.0 Å². The first-order valence-electron chi connectivity index (χ1n) is 6.77. The maximum absolute atomic E-state index is 12.4. The molecule has 0 radical (unpaired) electrons. The predicted molar refractivity (Wildman–Crippen MR) is 72.4 cm³/mol. The lowest BCUT2D eigenvalue weighted by atomic mass is 10.1. The second-order valence-corrected chi connectivity index (χ2v) is 4.91. The van der Waals surface area contributed by atoms with Gasteiger partial charge in [-0.2, -0.15) is 0 Å². The van der Waals surface area contributed by atoms with Crippen LogP contribution in [0.5, 0.6) is 0 Å². The lowest BCUT2D eigenvalue weighted by molar-refractivity contribution is 0.0681. The molecular formula is C15H19NO3. The zero-order valence-electron chi connectivity index (χ0n) is 11.1. The molecule has 1 aromatic carbocycles. The van der Waals surface area contributed by atoms with E-state index >= 15 is 0 Å². The van der Waals surface area contributed by atoms with Crippen LogP contribution in [0.3, 0.4) is 0 Å². The van der Waals surface area contributed by atoms with Gasteiger partial charge in [0.15, 0.2) is 0 Å². The van der Waals surface area contributed by atoms with Gasteiger partial charge in [0.05, 0.1) is 5.56 Å². The second kappa shape index (κ2) is 5.87. The molecular weight excluding hydrogens is 242 g/mol. The van der Waals surface area contributed by atoms with Gasteiger partial charge in [-0.15, -0.1) is 0 Å². The smallest absolute Gasteiger partial charge is 0.335 e. The van der Waals surface area contributed by atoms with Gasteiger partial charge in [0.2, 0.25) is 0 Å². The van der Waals surface area contributed by atoms with Gasteiger partial charge in [-0.3, -0.25) is 4.79 Å². The van der Waals surface area contributed by atoms with Crippen LogP contribution in [0.4, 0.5) is 0 Å². The Hall–Kier alpha value is -1.84. The minimum Gasteiger partial charge on any atom is -0.478 e. The molecule has 102 valence electrons. The van der Waals surface area contributed by atoms with Gasteiger partial charge in [0.25, 0.3) is 5.91 Å². The average Bonchev–Trinajstić information content (AvgIpc) is 2.93. The van der Waals surface area contributed by atoms with Crippen LogP contribution < -0.4 is 0 Å². The Morgan fingerprint density at radius 2 is 1.68 bits per heavy atom. The zero-order valence-corrected chi connectivity index (χ0v) is 11.1. The van der Waals surface area contributed by atoms with Crippen LogP contribution in [0.2, 0.25) is 0 Å². The fraction of sp³-hybridized carbons (Fsp3) is 0.467. The fourth-order valence-electron chi connectivity index (χ4n) is 2.70. The van der Waals surface area contributed by atoms with Gasteiger partial charge in [0, 0.05) is 18.2 Å². The largest absolute Gasteiger partial charge is 0.478 e. The minimum absolute atomic E-state index is 0.00587. The molecule has 0 aliphatic heterocycles. The molecule has 1 aliphatic carbocycles. The minimum atomic E-state index is -0.970. The van der Waals surface area contributed by atoms with Crippen molar-refractivity contribution < 1.29 is 14.7 Å². The van der Waals surface area contributed by atoms with Crippen LogP contribution in [-0.4, -0.2) is 34.5 Å². The van der Waals surface area contributed by atoms with E-state index in [-0.39, 0.29) is 11.5 Å². The number of carboxylic acid groups (broad SMARTS) is 1. The maximum Gasteiger partial charge on any atom is 0.335 e. The molecule has 19 heavy (non-hydrogen) atoms. The van der Waals surface area contributed by atoms with Crippen LogP contribution in [0.1, 0.15) is 53.3 Å². The Labute approximate surface area is 113 Å². The molecule has 1 N–H and O–H groups in total. The van der Waals surface area contributed by atoms with E-state index in [4.69, 9.17) is 5.11 Å². The molecule has 1 saturated carbocycles. The van der Waals surface area contributed by atoms with Crippen molar-refractivity contribution in [3.63, 3.8) is 0 Å². The van der Waals surface area contributed by atoms with Gasteiger partial charge in [-0.25, -0.2) is 4.79 Å². The van der Waals surface area contributed by atoms with Gasteiger partial charge in [-0.1, -0.05) is 12.8 Å². The lowest BCUT2D eigenvalue weighted by Crippen LogP contribution is -2.38. The summed E-state index contributed by atoms with van der Waals surface area (Å²) in [6, 6.07) is 6.51. The van der Waals surface area contributed by atoms with Crippen molar-refractivity contribution in [2.24, 2.45) is 0 Å². The van der Waals surface area contributed by atoms with Crippen molar-refractivity contribution >= 4 is 11.9 Å². The Morgan fingerprint density at radius 3 is 2.16 bits per heavy atom. The first-order valence-corrected chi connectivity index (χ1v) is 6.77. The molecule has 4 nitrogen and oxygen atoms in total. The molecule has 1 amide bonds. The summed E-state index contributed by atoms with van der Waals surface area (Å²) in [6.45, 7) is 2.69. The fourth-order valence-corrected chi connectivity index (χ4v) is 2.70. The average molecular weight is 261 g/mol. The number of rotatable bonds is 4.